The minimum absolute atomic E-state index is 0.0970. The smallest absolute Gasteiger partial charge is 0.462 e. The third kappa shape index (κ3) is 4.32. The fraction of sp³-hybridized carbons (Fsp3) is 0.364. The van der Waals surface area contributed by atoms with Crippen LogP contribution < -0.4 is 4.74 Å². The summed E-state index contributed by atoms with van der Waals surface area (Å²) in [6.45, 7) is 1.21. The van der Waals surface area contributed by atoms with E-state index in [-0.39, 0.29) is 12.7 Å². The SMILES string of the molecule is CCOC(=O)c1ccc(OC(F)(F)F)cc1C(F)(F)F. The summed E-state index contributed by atoms with van der Waals surface area (Å²) in [5.41, 5.74) is -2.44. The van der Waals surface area contributed by atoms with Crippen molar-refractivity contribution >= 4 is 5.97 Å². The van der Waals surface area contributed by atoms with E-state index in [0.29, 0.717) is 12.1 Å². The molecular weight excluding hydrogens is 294 g/mol. The third-order valence-corrected chi connectivity index (χ3v) is 2.03. The van der Waals surface area contributed by atoms with Crippen LogP contribution >= 0.6 is 0 Å². The van der Waals surface area contributed by atoms with Crippen LogP contribution in [0.1, 0.15) is 22.8 Å². The Kier molecular flexibility index (Phi) is 4.51. The van der Waals surface area contributed by atoms with Crippen LogP contribution in [0.2, 0.25) is 0 Å². The first kappa shape index (κ1) is 16.1. The molecule has 0 radical (unpaired) electrons. The van der Waals surface area contributed by atoms with Gasteiger partial charge in [-0.05, 0) is 25.1 Å². The molecule has 0 aliphatic heterocycles. The lowest BCUT2D eigenvalue weighted by molar-refractivity contribution is -0.274. The molecular formula is C11H8F6O3. The number of hydrogen-bond donors (Lipinski definition) is 0. The van der Waals surface area contributed by atoms with Gasteiger partial charge in [0, 0.05) is 0 Å². The summed E-state index contributed by atoms with van der Waals surface area (Å²) in [6, 6.07) is 1.27. The monoisotopic (exact) mass is 302 g/mol. The number of rotatable bonds is 3. The van der Waals surface area contributed by atoms with Gasteiger partial charge in [-0.3, -0.25) is 0 Å². The Balaban J connectivity index is 3.24. The van der Waals surface area contributed by atoms with Gasteiger partial charge in [-0.1, -0.05) is 0 Å². The van der Waals surface area contributed by atoms with Gasteiger partial charge < -0.3 is 9.47 Å². The lowest BCUT2D eigenvalue weighted by Gasteiger charge is -2.15. The van der Waals surface area contributed by atoms with Crippen LogP contribution in [-0.2, 0) is 10.9 Å². The maximum Gasteiger partial charge on any atom is 0.573 e. The normalized spacial score (nSPS) is 12.2. The van der Waals surface area contributed by atoms with E-state index in [2.05, 4.69) is 9.47 Å². The molecule has 0 atom stereocenters. The first-order chi connectivity index (χ1) is 9.04. The number of carbonyl (C=O) groups is 1. The second-order valence-corrected chi connectivity index (χ2v) is 3.47. The number of alkyl halides is 6. The molecule has 0 fully saturated rings. The van der Waals surface area contributed by atoms with E-state index in [9.17, 15) is 31.1 Å². The molecule has 0 unspecified atom stereocenters. The quantitative estimate of drug-likeness (QED) is 0.629. The van der Waals surface area contributed by atoms with Crippen molar-refractivity contribution < 1.29 is 40.6 Å². The number of ether oxygens (including phenoxy) is 2. The van der Waals surface area contributed by atoms with Gasteiger partial charge in [0.05, 0.1) is 17.7 Å². The van der Waals surface area contributed by atoms with Crippen LogP contribution in [-0.4, -0.2) is 18.9 Å². The highest BCUT2D eigenvalue weighted by Gasteiger charge is 2.38. The summed E-state index contributed by atoms with van der Waals surface area (Å²) in [5.74, 6) is -2.35. The van der Waals surface area contributed by atoms with E-state index < -0.39 is 35.4 Å². The number of carbonyl (C=O) groups excluding carboxylic acids is 1. The van der Waals surface area contributed by atoms with E-state index in [4.69, 9.17) is 0 Å². The molecule has 0 aliphatic rings. The van der Waals surface area contributed by atoms with Gasteiger partial charge in [0.15, 0.2) is 0 Å². The van der Waals surface area contributed by atoms with Crippen molar-refractivity contribution in [3.8, 4) is 5.75 Å². The van der Waals surface area contributed by atoms with Crippen LogP contribution in [0, 0.1) is 0 Å². The zero-order valence-corrected chi connectivity index (χ0v) is 9.93. The van der Waals surface area contributed by atoms with Gasteiger partial charge in [-0.2, -0.15) is 13.2 Å². The average molecular weight is 302 g/mol. The highest BCUT2D eigenvalue weighted by molar-refractivity contribution is 5.91. The van der Waals surface area contributed by atoms with Crippen molar-refractivity contribution in [1.82, 2.24) is 0 Å². The van der Waals surface area contributed by atoms with E-state index in [1.54, 1.807) is 0 Å². The largest absolute Gasteiger partial charge is 0.573 e. The Morgan fingerprint density at radius 3 is 2.20 bits per heavy atom. The molecule has 0 heterocycles. The number of hydrogen-bond acceptors (Lipinski definition) is 3. The van der Waals surface area contributed by atoms with Crippen molar-refractivity contribution in [2.24, 2.45) is 0 Å². The van der Waals surface area contributed by atoms with Crippen molar-refractivity contribution in [2.45, 2.75) is 19.5 Å². The summed E-state index contributed by atoms with van der Waals surface area (Å²) < 4.78 is 81.8. The van der Waals surface area contributed by atoms with Crippen molar-refractivity contribution in [2.75, 3.05) is 6.61 Å². The Morgan fingerprint density at radius 1 is 1.15 bits per heavy atom. The highest BCUT2D eigenvalue weighted by atomic mass is 19.4. The average Bonchev–Trinajstić information content (AvgIpc) is 2.25. The van der Waals surface area contributed by atoms with E-state index >= 15 is 0 Å². The molecule has 0 bridgehead atoms. The summed E-state index contributed by atoms with van der Waals surface area (Å²) in [6.07, 6.45) is -10.2. The lowest BCUT2D eigenvalue weighted by atomic mass is 10.1. The molecule has 20 heavy (non-hydrogen) atoms. The fourth-order valence-corrected chi connectivity index (χ4v) is 1.34. The van der Waals surface area contributed by atoms with Gasteiger partial charge in [-0.25, -0.2) is 4.79 Å². The van der Waals surface area contributed by atoms with E-state index in [0.717, 1.165) is 0 Å². The Morgan fingerprint density at radius 2 is 1.75 bits per heavy atom. The molecule has 9 heteroatoms. The highest BCUT2D eigenvalue weighted by Crippen LogP contribution is 2.36. The maximum atomic E-state index is 12.7. The topological polar surface area (TPSA) is 35.5 Å². The Bertz CT molecular complexity index is 492. The van der Waals surface area contributed by atoms with Gasteiger partial charge in [0.25, 0.3) is 0 Å². The molecule has 3 nitrogen and oxygen atoms in total. The van der Waals surface area contributed by atoms with E-state index in [1.165, 1.54) is 6.92 Å². The van der Waals surface area contributed by atoms with Gasteiger partial charge >= 0.3 is 18.5 Å². The predicted molar refractivity (Wildman–Crippen MR) is 54.1 cm³/mol. The minimum atomic E-state index is -5.13. The van der Waals surface area contributed by atoms with Gasteiger partial charge in [0.1, 0.15) is 5.75 Å². The lowest BCUT2D eigenvalue weighted by Crippen LogP contribution is -2.19. The Labute approximate surface area is 109 Å². The second-order valence-electron chi connectivity index (χ2n) is 3.47. The summed E-state index contributed by atoms with van der Waals surface area (Å²) >= 11 is 0. The number of halogens is 6. The Hall–Kier alpha value is -1.93. The second kappa shape index (κ2) is 5.59. The van der Waals surface area contributed by atoms with Crippen LogP contribution in [0.4, 0.5) is 26.3 Å². The van der Waals surface area contributed by atoms with Crippen LogP contribution in [0.3, 0.4) is 0 Å². The molecule has 0 spiro atoms. The summed E-state index contributed by atoms with van der Waals surface area (Å²) in [5, 5.41) is 0. The minimum Gasteiger partial charge on any atom is -0.462 e. The predicted octanol–water partition coefficient (Wildman–Crippen LogP) is 3.78. The zero-order valence-electron chi connectivity index (χ0n) is 9.93. The molecule has 0 N–H and O–H groups in total. The van der Waals surface area contributed by atoms with Crippen LogP contribution in [0.25, 0.3) is 0 Å². The fourth-order valence-electron chi connectivity index (χ4n) is 1.34. The molecule has 1 aromatic carbocycles. The van der Waals surface area contributed by atoms with Crippen molar-refractivity contribution in [3.05, 3.63) is 29.3 Å². The number of esters is 1. The molecule has 112 valence electrons. The van der Waals surface area contributed by atoms with Crippen LogP contribution in [0.15, 0.2) is 18.2 Å². The van der Waals surface area contributed by atoms with Crippen LogP contribution in [0.5, 0.6) is 5.75 Å². The molecule has 0 aromatic heterocycles. The van der Waals surface area contributed by atoms with E-state index in [1.807, 2.05) is 0 Å². The number of benzene rings is 1. The summed E-state index contributed by atoms with van der Waals surface area (Å²) in [4.78, 5) is 11.3. The van der Waals surface area contributed by atoms with Gasteiger partial charge in [-0.15, -0.1) is 13.2 Å². The first-order valence-electron chi connectivity index (χ1n) is 5.18. The van der Waals surface area contributed by atoms with Gasteiger partial charge in [0.2, 0.25) is 0 Å². The molecule has 1 rings (SSSR count). The van der Waals surface area contributed by atoms with Crippen molar-refractivity contribution in [3.63, 3.8) is 0 Å². The molecule has 0 saturated heterocycles. The third-order valence-electron chi connectivity index (χ3n) is 2.03. The maximum absolute atomic E-state index is 12.7. The molecule has 0 aliphatic carbocycles. The zero-order chi connectivity index (χ0) is 15.6. The summed E-state index contributed by atoms with van der Waals surface area (Å²) in [7, 11) is 0. The standard InChI is InChI=1S/C11H8F6O3/c1-2-19-9(18)7-4-3-6(20-11(15,16)17)5-8(7)10(12,13)14/h3-5H,2H2,1H3. The first-order valence-corrected chi connectivity index (χ1v) is 5.18. The molecule has 1 aromatic rings. The van der Waals surface area contributed by atoms with Crippen molar-refractivity contribution in [1.29, 1.82) is 0 Å². The molecule has 0 saturated carbocycles. The molecule has 0 amide bonds.